The molecule has 2 aliphatic rings. The van der Waals surface area contributed by atoms with E-state index >= 15 is 0 Å². The van der Waals surface area contributed by atoms with Gasteiger partial charge in [-0.1, -0.05) is 18.2 Å². The van der Waals surface area contributed by atoms with Crippen molar-refractivity contribution < 1.29 is 23.8 Å². The van der Waals surface area contributed by atoms with E-state index in [2.05, 4.69) is 0 Å². The Morgan fingerprint density at radius 3 is 2.77 bits per heavy atom. The van der Waals surface area contributed by atoms with Gasteiger partial charge in [0.1, 0.15) is 23.4 Å². The highest BCUT2D eigenvalue weighted by Crippen LogP contribution is 2.36. The monoisotopic (exact) mass is 348 g/mol. The smallest absolute Gasteiger partial charge is 0.308 e. The summed E-state index contributed by atoms with van der Waals surface area (Å²) in [6, 6.07) is 12.4. The van der Waals surface area contributed by atoms with Crippen LogP contribution in [0.2, 0.25) is 0 Å². The molecule has 0 spiro atoms. The molecule has 4 rings (SSSR count). The van der Waals surface area contributed by atoms with Gasteiger partial charge in [-0.3, -0.25) is 9.59 Å². The first kappa shape index (κ1) is 16.1. The van der Waals surface area contributed by atoms with Gasteiger partial charge >= 0.3 is 5.97 Å². The van der Waals surface area contributed by atoms with Gasteiger partial charge in [0.05, 0.1) is 5.56 Å². The van der Waals surface area contributed by atoms with Crippen molar-refractivity contribution in [2.45, 2.75) is 20.0 Å². The number of ketones is 1. The van der Waals surface area contributed by atoms with Crippen LogP contribution in [0, 0.1) is 0 Å². The maximum atomic E-state index is 12.6. The summed E-state index contributed by atoms with van der Waals surface area (Å²) in [6.45, 7) is 3.24. The Morgan fingerprint density at radius 2 is 1.96 bits per heavy atom. The van der Waals surface area contributed by atoms with E-state index in [1.165, 1.54) is 6.92 Å². The Balaban J connectivity index is 1.66. The largest absolute Gasteiger partial charge is 0.485 e. The predicted molar refractivity (Wildman–Crippen MR) is 95.3 cm³/mol. The van der Waals surface area contributed by atoms with E-state index in [0.717, 1.165) is 16.9 Å². The van der Waals surface area contributed by atoms with E-state index in [0.29, 0.717) is 17.1 Å². The Labute approximate surface area is 150 Å². The second kappa shape index (κ2) is 6.19. The number of esters is 1. The van der Waals surface area contributed by atoms with Crippen LogP contribution in [0.5, 0.6) is 17.2 Å². The highest BCUT2D eigenvalue weighted by atomic mass is 16.5. The zero-order chi connectivity index (χ0) is 18.3. The summed E-state index contributed by atoms with van der Waals surface area (Å²) in [5.74, 6) is 1.12. The number of carbonyl (C=O) groups excluding carboxylic acids is 2. The van der Waals surface area contributed by atoms with Crippen LogP contribution in [0.1, 0.15) is 29.8 Å². The lowest BCUT2D eigenvalue weighted by molar-refractivity contribution is -0.131. The van der Waals surface area contributed by atoms with Gasteiger partial charge in [0.15, 0.2) is 5.76 Å². The van der Waals surface area contributed by atoms with Crippen molar-refractivity contribution in [3.8, 4) is 17.2 Å². The van der Waals surface area contributed by atoms with Gasteiger partial charge in [-0.05, 0) is 42.8 Å². The van der Waals surface area contributed by atoms with Crippen LogP contribution in [-0.2, 0) is 4.79 Å². The van der Waals surface area contributed by atoms with Gasteiger partial charge in [-0.15, -0.1) is 0 Å². The topological polar surface area (TPSA) is 61.8 Å². The molecule has 0 N–H and O–H groups in total. The molecule has 5 nitrogen and oxygen atoms in total. The lowest BCUT2D eigenvalue weighted by Crippen LogP contribution is -2.18. The normalized spacial score (nSPS) is 19.2. The molecule has 2 aliphatic heterocycles. The fraction of sp³-hybridized carbons (Fsp3) is 0.143. The van der Waals surface area contributed by atoms with Crippen LogP contribution in [0.4, 0.5) is 0 Å². The summed E-state index contributed by atoms with van der Waals surface area (Å²) < 4.78 is 16.6. The molecule has 0 bridgehead atoms. The Kier molecular flexibility index (Phi) is 3.84. The van der Waals surface area contributed by atoms with Crippen LogP contribution in [-0.4, -0.2) is 17.9 Å². The van der Waals surface area contributed by atoms with E-state index in [1.807, 2.05) is 37.3 Å². The zero-order valence-electron chi connectivity index (χ0n) is 14.3. The first-order valence-electron chi connectivity index (χ1n) is 8.25. The molecule has 26 heavy (non-hydrogen) atoms. The number of Topliss-reactive ketones (excluding diaryl/α,β-unsaturated/α-hetero) is 1. The number of carbonyl (C=O) groups is 2. The SMILES string of the molecule is CC(=O)Oc1ccc2c(c1)OC(=CC1=Cc3ccccc3OC1C)C2=O. The molecule has 0 fully saturated rings. The maximum absolute atomic E-state index is 12.6. The summed E-state index contributed by atoms with van der Waals surface area (Å²) >= 11 is 0. The molecule has 0 aromatic heterocycles. The summed E-state index contributed by atoms with van der Waals surface area (Å²) in [5, 5.41) is 0. The van der Waals surface area contributed by atoms with Crippen LogP contribution in [0.25, 0.3) is 6.08 Å². The Hall–Kier alpha value is -3.34. The molecule has 2 aromatic carbocycles. The van der Waals surface area contributed by atoms with E-state index in [-0.39, 0.29) is 17.6 Å². The molecule has 1 atom stereocenters. The quantitative estimate of drug-likeness (QED) is 0.467. The van der Waals surface area contributed by atoms with Gasteiger partial charge < -0.3 is 14.2 Å². The minimum atomic E-state index is -0.429. The van der Waals surface area contributed by atoms with Gasteiger partial charge in [-0.25, -0.2) is 0 Å². The van der Waals surface area contributed by atoms with Gasteiger partial charge in [0.2, 0.25) is 5.78 Å². The average molecular weight is 348 g/mol. The molecule has 2 aromatic rings. The highest BCUT2D eigenvalue weighted by Gasteiger charge is 2.29. The number of rotatable bonds is 2. The van der Waals surface area contributed by atoms with Gasteiger partial charge in [0, 0.05) is 18.6 Å². The lowest BCUT2D eigenvalue weighted by Gasteiger charge is -2.22. The number of para-hydroxylation sites is 1. The fourth-order valence-corrected chi connectivity index (χ4v) is 2.97. The van der Waals surface area contributed by atoms with E-state index in [1.54, 1.807) is 24.3 Å². The summed E-state index contributed by atoms with van der Waals surface area (Å²) in [7, 11) is 0. The second-order valence-corrected chi connectivity index (χ2v) is 6.13. The third kappa shape index (κ3) is 2.88. The average Bonchev–Trinajstić information content (AvgIpc) is 2.90. The molecule has 0 saturated carbocycles. The number of hydrogen-bond donors (Lipinski definition) is 0. The molecule has 5 heteroatoms. The molecule has 130 valence electrons. The van der Waals surface area contributed by atoms with Crippen LogP contribution < -0.4 is 14.2 Å². The Morgan fingerprint density at radius 1 is 1.15 bits per heavy atom. The molecule has 0 amide bonds. The summed E-state index contributed by atoms with van der Waals surface area (Å²) in [4.78, 5) is 23.7. The van der Waals surface area contributed by atoms with Crippen molar-refractivity contribution in [1.82, 2.24) is 0 Å². The second-order valence-electron chi connectivity index (χ2n) is 6.13. The van der Waals surface area contributed by atoms with Crippen molar-refractivity contribution in [2.24, 2.45) is 0 Å². The molecule has 0 saturated heterocycles. The summed E-state index contributed by atoms with van der Waals surface area (Å²) in [5.41, 5.74) is 2.25. The maximum Gasteiger partial charge on any atom is 0.308 e. The van der Waals surface area contributed by atoms with Crippen molar-refractivity contribution >= 4 is 17.8 Å². The first-order valence-corrected chi connectivity index (χ1v) is 8.25. The van der Waals surface area contributed by atoms with Crippen LogP contribution in [0.15, 0.2) is 59.9 Å². The van der Waals surface area contributed by atoms with Gasteiger partial charge in [0.25, 0.3) is 0 Å². The predicted octanol–water partition coefficient (Wildman–Crippen LogP) is 3.94. The fourth-order valence-electron chi connectivity index (χ4n) is 2.97. The van der Waals surface area contributed by atoms with Crippen molar-refractivity contribution in [2.75, 3.05) is 0 Å². The number of allylic oxidation sites excluding steroid dienone is 1. The Bertz CT molecular complexity index is 984. The van der Waals surface area contributed by atoms with Crippen LogP contribution in [0.3, 0.4) is 0 Å². The molecular weight excluding hydrogens is 332 g/mol. The van der Waals surface area contributed by atoms with Crippen molar-refractivity contribution in [3.05, 3.63) is 71.0 Å². The molecule has 2 heterocycles. The minimum absolute atomic E-state index is 0.200. The van der Waals surface area contributed by atoms with E-state index in [9.17, 15) is 9.59 Å². The summed E-state index contributed by atoms with van der Waals surface area (Å²) in [6.07, 6.45) is 3.49. The van der Waals surface area contributed by atoms with Crippen LogP contribution >= 0.6 is 0 Å². The number of benzene rings is 2. The first-order chi connectivity index (χ1) is 12.5. The molecule has 0 aliphatic carbocycles. The third-order valence-corrected chi connectivity index (χ3v) is 4.22. The number of ether oxygens (including phenoxy) is 3. The molecule has 1 unspecified atom stereocenters. The van der Waals surface area contributed by atoms with Crippen molar-refractivity contribution in [3.63, 3.8) is 0 Å². The standard InChI is InChI=1S/C21H16O5/c1-12-15(9-14-5-3-4-6-18(14)24-12)10-20-21(23)17-8-7-16(25-13(2)22)11-19(17)26-20/h3-12H,1-2H3. The minimum Gasteiger partial charge on any atom is -0.485 e. The highest BCUT2D eigenvalue weighted by molar-refractivity contribution is 6.12. The van der Waals surface area contributed by atoms with E-state index < -0.39 is 5.97 Å². The van der Waals surface area contributed by atoms with Crippen molar-refractivity contribution in [1.29, 1.82) is 0 Å². The lowest BCUT2D eigenvalue weighted by atomic mass is 10.0. The molecular formula is C21H16O5. The zero-order valence-corrected chi connectivity index (χ0v) is 14.3. The number of fused-ring (bicyclic) bond motifs is 2. The van der Waals surface area contributed by atoms with E-state index in [4.69, 9.17) is 14.2 Å². The third-order valence-electron chi connectivity index (χ3n) is 4.22. The number of hydrogen-bond acceptors (Lipinski definition) is 5. The van der Waals surface area contributed by atoms with Gasteiger partial charge in [-0.2, -0.15) is 0 Å². The molecule has 0 radical (unpaired) electrons.